The predicted octanol–water partition coefficient (Wildman–Crippen LogP) is -0.265. The summed E-state index contributed by atoms with van der Waals surface area (Å²) >= 11 is 0. The van der Waals surface area contributed by atoms with Gasteiger partial charge in [0.2, 0.25) is 0 Å². The summed E-state index contributed by atoms with van der Waals surface area (Å²) < 4.78 is 0. The van der Waals surface area contributed by atoms with Crippen molar-refractivity contribution in [1.82, 2.24) is 9.80 Å². The first-order valence-electron chi connectivity index (χ1n) is 3.79. The molecule has 0 radical (unpaired) electrons. The van der Waals surface area contributed by atoms with E-state index in [0.29, 0.717) is 6.54 Å². The Hall–Kier alpha value is -0.770. The van der Waals surface area contributed by atoms with Crippen LogP contribution in [-0.2, 0) is 0 Å². The number of carbonyl (C=O) groups excluding carboxylic acids is 1. The molecule has 4 heteroatoms. The van der Waals surface area contributed by atoms with Gasteiger partial charge in [0.15, 0.2) is 0 Å². The molecule has 0 aliphatic carbocycles. The molecule has 1 N–H and O–H groups in total. The molecule has 0 aromatic rings. The van der Waals surface area contributed by atoms with Crippen molar-refractivity contribution in [3.63, 3.8) is 0 Å². The maximum absolute atomic E-state index is 11.2. The minimum Gasteiger partial charge on any atom is -0.392 e. The number of nitrogens with zero attached hydrogens (tertiary/aromatic N) is 2. The fraction of sp³-hybridized carbons (Fsp3) is 0.857. The second-order valence-electron chi connectivity index (χ2n) is 3.00. The van der Waals surface area contributed by atoms with Gasteiger partial charge >= 0.3 is 6.03 Å². The van der Waals surface area contributed by atoms with Crippen molar-refractivity contribution >= 4 is 6.03 Å². The zero-order valence-electron chi connectivity index (χ0n) is 6.95. The van der Waals surface area contributed by atoms with E-state index in [2.05, 4.69) is 0 Å². The number of hydrogen-bond acceptors (Lipinski definition) is 2. The van der Waals surface area contributed by atoms with Crippen LogP contribution in [0.2, 0.25) is 0 Å². The van der Waals surface area contributed by atoms with E-state index in [4.69, 9.17) is 5.11 Å². The van der Waals surface area contributed by atoms with E-state index in [-0.39, 0.29) is 6.03 Å². The molecule has 0 aromatic heterocycles. The molecular weight excluding hydrogens is 144 g/mol. The van der Waals surface area contributed by atoms with Gasteiger partial charge in [-0.2, -0.15) is 0 Å². The molecule has 4 nitrogen and oxygen atoms in total. The van der Waals surface area contributed by atoms with Crippen LogP contribution in [0.5, 0.6) is 0 Å². The molecule has 1 aliphatic heterocycles. The molecule has 2 amide bonds. The minimum atomic E-state index is -0.426. The Labute approximate surface area is 66.4 Å². The van der Waals surface area contributed by atoms with Crippen molar-refractivity contribution in [3.8, 4) is 0 Å². The zero-order chi connectivity index (χ0) is 8.43. The Bertz CT molecular complexity index is 159. The van der Waals surface area contributed by atoms with Crippen LogP contribution in [0.3, 0.4) is 0 Å². The van der Waals surface area contributed by atoms with E-state index < -0.39 is 6.10 Å². The lowest BCUT2D eigenvalue weighted by atomic mass is 10.4. The molecule has 1 atom stereocenters. The van der Waals surface area contributed by atoms with E-state index in [1.54, 1.807) is 23.8 Å². The quantitative estimate of drug-likeness (QED) is 0.601. The lowest BCUT2D eigenvalue weighted by Crippen LogP contribution is -2.34. The van der Waals surface area contributed by atoms with Gasteiger partial charge in [-0.3, -0.25) is 0 Å². The zero-order valence-corrected chi connectivity index (χ0v) is 6.95. The third-order valence-corrected chi connectivity index (χ3v) is 1.79. The number of β-amino-alcohol motifs (C(OH)–C–C–N with tert-alkyl or cyclic N) is 1. The lowest BCUT2D eigenvalue weighted by molar-refractivity contribution is 0.141. The molecule has 0 spiro atoms. The van der Waals surface area contributed by atoms with Crippen LogP contribution in [0.25, 0.3) is 0 Å². The fourth-order valence-electron chi connectivity index (χ4n) is 1.19. The maximum Gasteiger partial charge on any atom is 0.319 e. The third kappa shape index (κ3) is 1.83. The third-order valence-electron chi connectivity index (χ3n) is 1.79. The molecule has 0 bridgehead atoms. The molecule has 1 unspecified atom stereocenters. The Morgan fingerprint density at radius 1 is 1.64 bits per heavy atom. The number of hydrogen-bond donors (Lipinski definition) is 1. The number of likely N-dealkylation sites (N-methyl/N-ethyl adjacent to an activating group) is 1. The first kappa shape index (κ1) is 8.33. The van der Waals surface area contributed by atoms with E-state index >= 15 is 0 Å². The molecule has 1 rings (SSSR count). The number of rotatable bonds is 2. The van der Waals surface area contributed by atoms with Gasteiger partial charge in [-0.25, -0.2) is 4.79 Å². The normalized spacial score (nSPS) is 21.2. The highest BCUT2D eigenvalue weighted by molar-refractivity contribution is 5.76. The van der Waals surface area contributed by atoms with Gasteiger partial charge in [0.1, 0.15) is 0 Å². The second kappa shape index (κ2) is 3.09. The summed E-state index contributed by atoms with van der Waals surface area (Å²) in [5.41, 5.74) is 0. The Kier molecular flexibility index (Phi) is 2.34. The van der Waals surface area contributed by atoms with Crippen molar-refractivity contribution in [2.75, 3.05) is 26.7 Å². The largest absolute Gasteiger partial charge is 0.392 e. The predicted molar refractivity (Wildman–Crippen MR) is 41.3 cm³/mol. The van der Waals surface area contributed by atoms with Crippen molar-refractivity contribution < 1.29 is 9.90 Å². The summed E-state index contributed by atoms with van der Waals surface area (Å²) in [4.78, 5) is 14.5. The second-order valence-corrected chi connectivity index (χ2v) is 3.00. The van der Waals surface area contributed by atoms with E-state index in [1.165, 1.54) is 0 Å². The summed E-state index contributed by atoms with van der Waals surface area (Å²) in [6.45, 7) is 3.64. The van der Waals surface area contributed by atoms with Gasteiger partial charge in [-0.1, -0.05) is 0 Å². The molecule has 0 aromatic carbocycles. The van der Waals surface area contributed by atoms with Crippen molar-refractivity contribution in [2.45, 2.75) is 13.0 Å². The fourth-order valence-corrected chi connectivity index (χ4v) is 1.19. The molecule has 1 heterocycles. The van der Waals surface area contributed by atoms with Gasteiger partial charge in [-0.05, 0) is 6.92 Å². The summed E-state index contributed by atoms with van der Waals surface area (Å²) in [6.07, 6.45) is -0.426. The Balaban J connectivity index is 2.42. The monoisotopic (exact) mass is 158 g/mol. The molecule has 1 saturated heterocycles. The van der Waals surface area contributed by atoms with Crippen LogP contribution in [0, 0.1) is 0 Å². The number of amides is 2. The van der Waals surface area contributed by atoms with Gasteiger partial charge in [0.25, 0.3) is 0 Å². The van der Waals surface area contributed by atoms with Gasteiger partial charge in [0, 0.05) is 26.7 Å². The van der Waals surface area contributed by atoms with Crippen LogP contribution in [0.1, 0.15) is 6.92 Å². The van der Waals surface area contributed by atoms with Crippen LogP contribution in [0.15, 0.2) is 0 Å². The first-order chi connectivity index (χ1) is 5.11. The average Bonchev–Trinajstić information content (AvgIpc) is 2.18. The standard InChI is InChI=1S/C7H14N2O2/c1-6(10)5-9-4-3-8(2)7(9)11/h6,10H,3-5H2,1-2H3. The minimum absolute atomic E-state index is 0.0194. The molecule has 64 valence electrons. The highest BCUT2D eigenvalue weighted by Gasteiger charge is 2.25. The van der Waals surface area contributed by atoms with Crippen LogP contribution < -0.4 is 0 Å². The highest BCUT2D eigenvalue weighted by Crippen LogP contribution is 2.05. The Morgan fingerprint density at radius 2 is 2.27 bits per heavy atom. The topological polar surface area (TPSA) is 43.8 Å². The summed E-state index contributed by atoms with van der Waals surface area (Å²) in [5.74, 6) is 0. The number of carbonyl (C=O) groups is 1. The summed E-state index contributed by atoms with van der Waals surface area (Å²) in [7, 11) is 1.77. The SMILES string of the molecule is CC(O)CN1CCN(C)C1=O. The van der Waals surface area contributed by atoms with E-state index in [1.807, 2.05) is 0 Å². The van der Waals surface area contributed by atoms with E-state index in [9.17, 15) is 4.79 Å². The Morgan fingerprint density at radius 3 is 2.64 bits per heavy atom. The number of aliphatic hydroxyl groups is 1. The van der Waals surface area contributed by atoms with Gasteiger partial charge in [-0.15, -0.1) is 0 Å². The van der Waals surface area contributed by atoms with Crippen molar-refractivity contribution in [2.24, 2.45) is 0 Å². The molecule has 11 heavy (non-hydrogen) atoms. The first-order valence-corrected chi connectivity index (χ1v) is 3.79. The van der Waals surface area contributed by atoms with Crippen LogP contribution in [0.4, 0.5) is 4.79 Å². The van der Waals surface area contributed by atoms with E-state index in [0.717, 1.165) is 13.1 Å². The maximum atomic E-state index is 11.2. The summed E-state index contributed by atoms with van der Waals surface area (Å²) in [5, 5.41) is 9.00. The van der Waals surface area contributed by atoms with Crippen LogP contribution in [-0.4, -0.2) is 53.7 Å². The molecular formula is C7H14N2O2. The molecule has 1 aliphatic rings. The summed E-state index contributed by atoms with van der Waals surface area (Å²) in [6, 6.07) is 0.0194. The van der Waals surface area contributed by atoms with Crippen LogP contribution >= 0.6 is 0 Å². The molecule has 1 fully saturated rings. The average molecular weight is 158 g/mol. The van der Waals surface area contributed by atoms with Gasteiger partial charge < -0.3 is 14.9 Å². The molecule has 0 saturated carbocycles. The van der Waals surface area contributed by atoms with Gasteiger partial charge in [0.05, 0.1) is 6.10 Å². The van der Waals surface area contributed by atoms with Crippen molar-refractivity contribution in [3.05, 3.63) is 0 Å². The smallest absolute Gasteiger partial charge is 0.319 e. The van der Waals surface area contributed by atoms with Crippen molar-refractivity contribution in [1.29, 1.82) is 0 Å². The highest BCUT2D eigenvalue weighted by atomic mass is 16.3. The number of aliphatic hydroxyl groups excluding tert-OH is 1. The lowest BCUT2D eigenvalue weighted by Gasteiger charge is -2.16. The number of urea groups is 1.